The molecule has 0 bridgehead atoms. The molecule has 1 aromatic rings. The first kappa shape index (κ1) is 15.5. The molecule has 1 heterocycles. The Balaban J connectivity index is 1.99. The molecule has 0 amide bonds. The molecule has 3 nitrogen and oxygen atoms in total. The maximum atomic E-state index is 12.3. The predicted octanol–water partition coefficient (Wildman–Crippen LogP) is 3.09. The van der Waals surface area contributed by atoms with Crippen LogP contribution in [0.1, 0.15) is 31.1 Å². The number of carbonyl (C=O) groups excluding carboxylic acids is 1. The smallest absolute Gasteiger partial charge is 0.176 e. The molecule has 20 heavy (non-hydrogen) atoms. The Kier molecular flexibility index (Phi) is 4.89. The number of thioether (sulfide) groups is 1. The largest absolute Gasteiger partial charge is 0.370 e. The van der Waals surface area contributed by atoms with Crippen molar-refractivity contribution >= 4 is 17.5 Å². The standard InChI is InChI=1S/C16H23NO2S/c1-12-9-17(11-16(2,3)19-12)10-15(18)13-5-7-14(20-4)8-6-13/h5-8,12H,9-11H2,1-4H3. The van der Waals surface area contributed by atoms with Gasteiger partial charge in [-0.25, -0.2) is 0 Å². The van der Waals surface area contributed by atoms with E-state index < -0.39 is 0 Å². The molecule has 0 aliphatic carbocycles. The average Bonchev–Trinajstić information content (AvgIpc) is 2.36. The van der Waals surface area contributed by atoms with Crippen molar-refractivity contribution in [1.82, 2.24) is 4.90 Å². The minimum absolute atomic E-state index is 0.172. The summed E-state index contributed by atoms with van der Waals surface area (Å²) in [5, 5.41) is 0. The number of benzene rings is 1. The molecule has 110 valence electrons. The molecule has 1 aliphatic heterocycles. The minimum Gasteiger partial charge on any atom is -0.370 e. The third kappa shape index (κ3) is 4.08. The van der Waals surface area contributed by atoms with Gasteiger partial charge in [0.25, 0.3) is 0 Å². The zero-order valence-electron chi connectivity index (χ0n) is 12.7. The highest BCUT2D eigenvalue weighted by Gasteiger charge is 2.32. The molecule has 0 aromatic heterocycles. The Bertz CT molecular complexity index is 470. The molecule has 1 aliphatic rings. The highest BCUT2D eigenvalue weighted by molar-refractivity contribution is 7.98. The quantitative estimate of drug-likeness (QED) is 0.630. The van der Waals surface area contributed by atoms with Gasteiger partial charge in [0.2, 0.25) is 0 Å². The summed E-state index contributed by atoms with van der Waals surface area (Å²) in [5.41, 5.74) is 0.612. The maximum absolute atomic E-state index is 12.3. The lowest BCUT2D eigenvalue weighted by molar-refractivity contribution is -0.126. The van der Waals surface area contributed by atoms with Crippen LogP contribution in [-0.4, -0.2) is 48.3 Å². The topological polar surface area (TPSA) is 29.5 Å². The van der Waals surface area contributed by atoms with Crippen LogP contribution < -0.4 is 0 Å². The Labute approximate surface area is 125 Å². The number of carbonyl (C=O) groups is 1. The Morgan fingerprint density at radius 1 is 1.40 bits per heavy atom. The van der Waals surface area contributed by atoms with Gasteiger partial charge in [-0.1, -0.05) is 12.1 Å². The van der Waals surface area contributed by atoms with E-state index in [1.165, 1.54) is 4.90 Å². The lowest BCUT2D eigenvalue weighted by atomic mass is 10.0. The molecule has 4 heteroatoms. The summed E-state index contributed by atoms with van der Waals surface area (Å²) < 4.78 is 5.87. The lowest BCUT2D eigenvalue weighted by Gasteiger charge is -2.41. The monoisotopic (exact) mass is 293 g/mol. The first-order valence-electron chi connectivity index (χ1n) is 6.97. The van der Waals surface area contributed by atoms with Gasteiger partial charge in [0.05, 0.1) is 18.2 Å². The number of hydrogen-bond acceptors (Lipinski definition) is 4. The zero-order chi connectivity index (χ0) is 14.8. The van der Waals surface area contributed by atoms with Crippen LogP contribution in [-0.2, 0) is 4.74 Å². The SMILES string of the molecule is CSc1ccc(C(=O)CN2CC(C)OC(C)(C)C2)cc1. The number of ether oxygens (including phenoxy) is 1. The maximum Gasteiger partial charge on any atom is 0.176 e. The van der Waals surface area contributed by atoms with Gasteiger partial charge in [-0.2, -0.15) is 0 Å². The number of hydrogen-bond donors (Lipinski definition) is 0. The lowest BCUT2D eigenvalue weighted by Crippen LogP contribution is -2.53. The number of rotatable bonds is 4. The average molecular weight is 293 g/mol. The van der Waals surface area contributed by atoms with Crippen LogP contribution in [0.15, 0.2) is 29.2 Å². The van der Waals surface area contributed by atoms with E-state index in [2.05, 4.69) is 25.7 Å². The number of Topliss-reactive ketones (excluding diaryl/α,β-unsaturated/α-hetero) is 1. The van der Waals surface area contributed by atoms with Gasteiger partial charge in [0.15, 0.2) is 5.78 Å². The predicted molar refractivity (Wildman–Crippen MR) is 83.6 cm³/mol. The fourth-order valence-electron chi connectivity index (χ4n) is 2.78. The molecule has 0 saturated carbocycles. The molecule has 0 radical (unpaired) electrons. The van der Waals surface area contributed by atoms with Crippen molar-refractivity contribution in [2.75, 3.05) is 25.9 Å². The van der Waals surface area contributed by atoms with Crippen LogP contribution in [0.5, 0.6) is 0 Å². The van der Waals surface area contributed by atoms with Gasteiger partial charge < -0.3 is 4.74 Å². The van der Waals surface area contributed by atoms with Gasteiger partial charge in [-0.3, -0.25) is 9.69 Å². The van der Waals surface area contributed by atoms with E-state index in [1.54, 1.807) is 11.8 Å². The van der Waals surface area contributed by atoms with E-state index in [0.29, 0.717) is 6.54 Å². The highest BCUT2D eigenvalue weighted by atomic mass is 32.2. The van der Waals surface area contributed by atoms with Crippen LogP contribution >= 0.6 is 11.8 Å². The second-order valence-corrected chi connectivity index (χ2v) is 6.89. The summed E-state index contributed by atoms with van der Waals surface area (Å²) in [4.78, 5) is 15.7. The van der Waals surface area contributed by atoms with E-state index in [9.17, 15) is 4.79 Å². The summed E-state index contributed by atoms with van der Waals surface area (Å²) in [7, 11) is 0. The van der Waals surface area contributed by atoms with Crippen molar-refractivity contribution < 1.29 is 9.53 Å². The third-order valence-electron chi connectivity index (χ3n) is 3.42. The second-order valence-electron chi connectivity index (χ2n) is 6.01. The summed E-state index contributed by atoms with van der Waals surface area (Å²) >= 11 is 1.69. The first-order chi connectivity index (χ1) is 9.39. The van der Waals surface area contributed by atoms with Gasteiger partial charge in [-0.15, -0.1) is 11.8 Å². The van der Waals surface area contributed by atoms with Gasteiger partial charge in [-0.05, 0) is 39.2 Å². The fraction of sp³-hybridized carbons (Fsp3) is 0.562. The second kappa shape index (κ2) is 6.29. The fourth-order valence-corrected chi connectivity index (χ4v) is 3.19. The van der Waals surface area contributed by atoms with Crippen molar-refractivity contribution in [3.05, 3.63) is 29.8 Å². The van der Waals surface area contributed by atoms with Crippen molar-refractivity contribution in [3.63, 3.8) is 0 Å². The Hall–Kier alpha value is -0.840. The van der Waals surface area contributed by atoms with Crippen LogP contribution in [0.4, 0.5) is 0 Å². The minimum atomic E-state index is -0.180. The van der Waals surface area contributed by atoms with Crippen LogP contribution in [0.3, 0.4) is 0 Å². The van der Waals surface area contributed by atoms with Crippen molar-refractivity contribution in [2.24, 2.45) is 0 Å². The normalized spacial score (nSPS) is 22.7. The molecule has 1 saturated heterocycles. The number of nitrogens with zero attached hydrogens (tertiary/aromatic N) is 1. The highest BCUT2D eigenvalue weighted by Crippen LogP contribution is 2.21. The van der Waals surface area contributed by atoms with Gasteiger partial charge in [0, 0.05) is 23.5 Å². The number of ketones is 1. The summed E-state index contributed by atoms with van der Waals surface area (Å²) in [6, 6.07) is 7.85. The molecule has 1 atom stereocenters. The van der Waals surface area contributed by atoms with E-state index in [-0.39, 0.29) is 17.5 Å². The van der Waals surface area contributed by atoms with Crippen molar-refractivity contribution in [2.45, 2.75) is 37.4 Å². The van der Waals surface area contributed by atoms with E-state index >= 15 is 0 Å². The first-order valence-corrected chi connectivity index (χ1v) is 8.19. The zero-order valence-corrected chi connectivity index (χ0v) is 13.5. The molecule has 1 aromatic carbocycles. The molecular weight excluding hydrogens is 270 g/mol. The summed E-state index contributed by atoms with van der Waals surface area (Å²) in [6.45, 7) is 8.30. The third-order valence-corrected chi connectivity index (χ3v) is 4.16. The van der Waals surface area contributed by atoms with Crippen LogP contribution in [0.25, 0.3) is 0 Å². The molecule has 1 unspecified atom stereocenters. The molecule has 1 fully saturated rings. The number of morpholine rings is 1. The molecular formula is C16H23NO2S. The van der Waals surface area contributed by atoms with Gasteiger partial charge >= 0.3 is 0 Å². The molecule has 0 N–H and O–H groups in total. The Morgan fingerprint density at radius 3 is 2.60 bits per heavy atom. The van der Waals surface area contributed by atoms with E-state index in [1.807, 2.05) is 30.5 Å². The van der Waals surface area contributed by atoms with Crippen LogP contribution in [0.2, 0.25) is 0 Å². The van der Waals surface area contributed by atoms with Crippen molar-refractivity contribution in [3.8, 4) is 0 Å². The van der Waals surface area contributed by atoms with E-state index in [0.717, 1.165) is 18.7 Å². The summed E-state index contributed by atoms with van der Waals surface area (Å²) in [5.74, 6) is 0.183. The molecule has 2 rings (SSSR count). The molecule has 0 spiro atoms. The van der Waals surface area contributed by atoms with E-state index in [4.69, 9.17) is 4.74 Å². The van der Waals surface area contributed by atoms with Crippen LogP contribution in [0, 0.1) is 0 Å². The summed E-state index contributed by atoms with van der Waals surface area (Å²) in [6.07, 6.45) is 2.21. The Morgan fingerprint density at radius 2 is 2.05 bits per heavy atom. The van der Waals surface area contributed by atoms with Crippen molar-refractivity contribution in [1.29, 1.82) is 0 Å². The van der Waals surface area contributed by atoms with Gasteiger partial charge in [0.1, 0.15) is 0 Å².